The molecule has 6 nitrogen and oxygen atoms in total. The summed E-state index contributed by atoms with van der Waals surface area (Å²) in [6.45, 7) is 6.08. The molecule has 0 bridgehead atoms. The molecule has 2 atom stereocenters. The number of anilines is 1. The predicted molar refractivity (Wildman–Crippen MR) is 97.5 cm³/mol. The van der Waals surface area contributed by atoms with Gasteiger partial charge in [-0.3, -0.25) is 9.59 Å². The van der Waals surface area contributed by atoms with Gasteiger partial charge in [0.05, 0.1) is 26.4 Å². The number of nitrogens with zero attached hydrogens (tertiary/aromatic N) is 1. The summed E-state index contributed by atoms with van der Waals surface area (Å²) in [6, 6.07) is 5.54. The highest BCUT2D eigenvalue weighted by molar-refractivity contribution is 6.03. The maximum absolute atomic E-state index is 13.0. The number of carbonyl (C=O) groups excluding carboxylic acids is 2. The van der Waals surface area contributed by atoms with E-state index in [2.05, 4.69) is 6.92 Å². The highest BCUT2D eigenvalue weighted by atomic mass is 16.6. The van der Waals surface area contributed by atoms with Crippen LogP contribution < -0.4 is 9.64 Å². The Morgan fingerprint density at radius 3 is 2.31 bits per heavy atom. The predicted octanol–water partition coefficient (Wildman–Crippen LogP) is 2.68. The Morgan fingerprint density at radius 1 is 1.15 bits per heavy atom. The van der Waals surface area contributed by atoms with Gasteiger partial charge in [0.1, 0.15) is 5.75 Å². The topological polar surface area (TPSA) is 65.1 Å². The van der Waals surface area contributed by atoms with Crippen LogP contribution in [0.25, 0.3) is 0 Å². The summed E-state index contributed by atoms with van der Waals surface area (Å²) in [5.41, 5.74) is 0.427. The summed E-state index contributed by atoms with van der Waals surface area (Å²) in [5.74, 6) is -0.207. The number of benzene rings is 1. The van der Waals surface area contributed by atoms with Crippen molar-refractivity contribution >= 4 is 17.6 Å². The van der Waals surface area contributed by atoms with E-state index in [1.165, 1.54) is 0 Å². The number of fused-ring (bicyclic) bond motifs is 3. The van der Waals surface area contributed by atoms with E-state index >= 15 is 0 Å². The van der Waals surface area contributed by atoms with Crippen molar-refractivity contribution in [1.82, 2.24) is 0 Å². The zero-order valence-corrected chi connectivity index (χ0v) is 16.1. The fourth-order valence-electron chi connectivity index (χ4n) is 4.89. The van der Waals surface area contributed by atoms with E-state index in [-0.39, 0.29) is 24.7 Å². The molecular weight excluding hydrogens is 334 g/mol. The van der Waals surface area contributed by atoms with Crippen molar-refractivity contribution < 1.29 is 23.8 Å². The van der Waals surface area contributed by atoms with Crippen LogP contribution >= 0.6 is 0 Å². The number of ether oxygens (including phenoxy) is 3. The van der Waals surface area contributed by atoms with Crippen molar-refractivity contribution in [1.29, 1.82) is 0 Å². The van der Waals surface area contributed by atoms with Crippen LogP contribution in [0.1, 0.15) is 39.2 Å². The molecule has 2 aliphatic rings. The number of hydrogen-bond donors (Lipinski definition) is 0. The summed E-state index contributed by atoms with van der Waals surface area (Å²) < 4.78 is 16.1. The van der Waals surface area contributed by atoms with Gasteiger partial charge in [0.15, 0.2) is 5.41 Å². The van der Waals surface area contributed by atoms with Gasteiger partial charge >= 0.3 is 11.9 Å². The van der Waals surface area contributed by atoms with Crippen LogP contribution in [0, 0.1) is 5.41 Å². The Bertz CT molecular complexity index is 713. The van der Waals surface area contributed by atoms with Gasteiger partial charge in [-0.25, -0.2) is 0 Å². The fraction of sp³-hybridized carbons (Fsp3) is 0.600. The van der Waals surface area contributed by atoms with Gasteiger partial charge in [-0.1, -0.05) is 6.92 Å². The van der Waals surface area contributed by atoms with E-state index in [0.29, 0.717) is 12.8 Å². The molecular formula is C20H27NO5. The number of esters is 2. The lowest BCUT2D eigenvalue weighted by Gasteiger charge is -2.38. The van der Waals surface area contributed by atoms with E-state index in [9.17, 15) is 9.59 Å². The molecule has 142 valence electrons. The summed E-state index contributed by atoms with van der Waals surface area (Å²) in [7, 11) is 3.57. The zero-order chi connectivity index (χ0) is 19.1. The Balaban J connectivity index is 2.14. The third-order valence-electron chi connectivity index (χ3n) is 5.97. The molecule has 0 aromatic heterocycles. The molecule has 1 aromatic rings. The largest absolute Gasteiger partial charge is 0.497 e. The molecule has 3 rings (SSSR count). The van der Waals surface area contributed by atoms with E-state index in [0.717, 1.165) is 17.0 Å². The van der Waals surface area contributed by atoms with Crippen LogP contribution in [0.2, 0.25) is 0 Å². The minimum absolute atomic E-state index is 0.230. The Hall–Kier alpha value is -2.24. The molecule has 1 fully saturated rings. The van der Waals surface area contributed by atoms with Gasteiger partial charge in [0.2, 0.25) is 0 Å². The van der Waals surface area contributed by atoms with Gasteiger partial charge in [0, 0.05) is 18.2 Å². The highest BCUT2D eigenvalue weighted by Crippen LogP contribution is 2.61. The van der Waals surface area contributed by atoms with Crippen molar-refractivity contribution in [2.24, 2.45) is 5.41 Å². The van der Waals surface area contributed by atoms with Crippen LogP contribution in [0.15, 0.2) is 18.2 Å². The molecule has 0 spiro atoms. The van der Waals surface area contributed by atoms with Crippen molar-refractivity contribution in [2.75, 3.05) is 32.3 Å². The molecule has 1 aliphatic carbocycles. The maximum Gasteiger partial charge on any atom is 0.325 e. The van der Waals surface area contributed by atoms with Crippen LogP contribution in [0.3, 0.4) is 0 Å². The third kappa shape index (κ3) is 2.31. The molecule has 0 amide bonds. The highest BCUT2D eigenvalue weighted by Gasteiger charge is 2.69. The molecule has 26 heavy (non-hydrogen) atoms. The number of carbonyl (C=O) groups is 2. The summed E-state index contributed by atoms with van der Waals surface area (Å²) in [6.07, 6.45) is 1.10. The lowest BCUT2D eigenvalue weighted by molar-refractivity contribution is -0.173. The van der Waals surface area contributed by atoms with Gasteiger partial charge in [-0.2, -0.15) is 0 Å². The zero-order valence-electron chi connectivity index (χ0n) is 16.1. The average Bonchev–Trinajstić information content (AvgIpc) is 3.06. The van der Waals surface area contributed by atoms with E-state index in [4.69, 9.17) is 14.2 Å². The second-order valence-electron chi connectivity index (χ2n) is 7.23. The van der Waals surface area contributed by atoms with Crippen LogP contribution in [0.5, 0.6) is 5.75 Å². The maximum atomic E-state index is 13.0. The molecule has 0 unspecified atom stereocenters. The van der Waals surface area contributed by atoms with Crippen molar-refractivity contribution in [2.45, 2.75) is 45.1 Å². The third-order valence-corrected chi connectivity index (χ3v) is 5.97. The van der Waals surface area contributed by atoms with Crippen LogP contribution in [-0.2, 0) is 24.5 Å². The van der Waals surface area contributed by atoms with Gasteiger partial charge < -0.3 is 19.1 Å². The second kappa shape index (κ2) is 6.49. The molecule has 6 heteroatoms. The van der Waals surface area contributed by atoms with E-state index in [1.54, 1.807) is 21.0 Å². The van der Waals surface area contributed by atoms with Crippen LogP contribution in [0.4, 0.5) is 5.69 Å². The van der Waals surface area contributed by atoms with Crippen molar-refractivity contribution in [3.8, 4) is 5.75 Å². The molecule has 0 saturated heterocycles. The van der Waals surface area contributed by atoms with E-state index < -0.39 is 17.4 Å². The quantitative estimate of drug-likeness (QED) is 0.593. The van der Waals surface area contributed by atoms with Crippen molar-refractivity contribution in [3.63, 3.8) is 0 Å². The Morgan fingerprint density at radius 2 is 1.77 bits per heavy atom. The summed E-state index contributed by atoms with van der Waals surface area (Å²) >= 11 is 0. The number of hydrogen-bond acceptors (Lipinski definition) is 6. The smallest absolute Gasteiger partial charge is 0.325 e. The lowest BCUT2D eigenvalue weighted by Crippen LogP contribution is -2.56. The molecule has 0 N–H and O–H groups in total. The second-order valence-corrected chi connectivity index (χ2v) is 7.23. The minimum atomic E-state index is -1.32. The standard InChI is InChI=1S/C20H27NO5/c1-6-25-17(22)20(18(23)26-7-2)11-10-19(3)14-12-13(24-5)8-9-15(14)21(4)16(19)20/h8-9,12,16H,6-7,10-11H2,1-5H3/t16-,19+/m1/s1. The Labute approximate surface area is 154 Å². The number of likely N-dealkylation sites (N-methyl/N-ethyl adjacent to an activating group) is 1. The first-order chi connectivity index (χ1) is 12.4. The Kier molecular flexibility index (Phi) is 4.63. The molecule has 0 radical (unpaired) electrons. The first-order valence-corrected chi connectivity index (χ1v) is 9.12. The molecule has 1 heterocycles. The van der Waals surface area contributed by atoms with Gasteiger partial charge in [-0.15, -0.1) is 0 Å². The SMILES string of the molecule is CCOC(=O)C1(C(=O)OCC)CC[C@@]2(C)c3cc(OC)ccc3N(C)[C@@H]12. The first-order valence-electron chi connectivity index (χ1n) is 9.12. The van der Waals surface area contributed by atoms with Crippen LogP contribution in [-0.4, -0.2) is 45.4 Å². The normalized spacial score (nSPS) is 25.4. The molecule has 1 aliphatic heterocycles. The summed E-state index contributed by atoms with van der Waals surface area (Å²) in [4.78, 5) is 28.1. The molecule has 1 saturated carbocycles. The van der Waals surface area contributed by atoms with E-state index in [1.807, 2.05) is 30.1 Å². The first kappa shape index (κ1) is 18.5. The van der Waals surface area contributed by atoms with Crippen molar-refractivity contribution in [3.05, 3.63) is 23.8 Å². The fourth-order valence-corrected chi connectivity index (χ4v) is 4.89. The average molecular weight is 361 g/mol. The monoisotopic (exact) mass is 361 g/mol. The lowest BCUT2D eigenvalue weighted by atomic mass is 9.73. The minimum Gasteiger partial charge on any atom is -0.497 e. The number of methoxy groups -OCH3 is 1. The number of rotatable bonds is 5. The summed E-state index contributed by atoms with van der Waals surface area (Å²) in [5, 5.41) is 0. The molecule has 1 aromatic carbocycles. The van der Waals surface area contributed by atoms with Gasteiger partial charge in [-0.05, 0) is 50.5 Å². The van der Waals surface area contributed by atoms with Gasteiger partial charge in [0.25, 0.3) is 0 Å².